The Labute approximate surface area is 128 Å². The van der Waals surface area contributed by atoms with Gasteiger partial charge in [-0.3, -0.25) is 0 Å². The molecule has 0 aliphatic heterocycles. The molecule has 0 aromatic heterocycles. The Morgan fingerprint density at radius 3 is 2.15 bits per heavy atom. The molecule has 0 amide bonds. The van der Waals surface area contributed by atoms with E-state index in [0.29, 0.717) is 13.2 Å². The lowest BCUT2D eigenvalue weighted by Crippen LogP contribution is -2.15. The molecule has 1 aliphatic carbocycles. The van der Waals surface area contributed by atoms with Crippen LogP contribution in [-0.4, -0.2) is 19.8 Å². The van der Waals surface area contributed by atoms with Gasteiger partial charge in [-0.15, -0.1) is 12.4 Å². The topological polar surface area (TPSA) is 44.5 Å². The number of hydrogen-bond donors (Lipinski definition) is 1. The lowest BCUT2D eigenvalue weighted by Gasteiger charge is -2.21. The van der Waals surface area contributed by atoms with E-state index in [1.807, 2.05) is 24.3 Å². The zero-order valence-corrected chi connectivity index (χ0v) is 12.9. The zero-order valence-electron chi connectivity index (χ0n) is 12.1. The fourth-order valence-electron chi connectivity index (χ4n) is 2.47. The molecule has 3 nitrogen and oxygen atoms in total. The molecule has 0 bridgehead atoms. The Kier molecular flexibility index (Phi) is 8.47. The normalized spacial score (nSPS) is 15.4. The van der Waals surface area contributed by atoms with Crippen molar-refractivity contribution in [1.29, 1.82) is 0 Å². The van der Waals surface area contributed by atoms with E-state index in [4.69, 9.17) is 15.2 Å². The summed E-state index contributed by atoms with van der Waals surface area (Å²) in [7, 11) is 0. The Bertz CT molecular complexity index is 350. The van der Waals surface area contributed by atoms with Gasteiger partial charge < -0.3 is 15.2 Å². The van der Waals surface area contributed by atoms with E-state index >= 15 is 0 Å². The average Bonchev–Trinajstić information content (AvgIpc) is 2.48. The summed E-state index contributed by atoms with van der Waals surface area (Å²) in [6.45, 7) is 2.20. The van der Waals surface area contributed by atoms with Gasteiger partial charge in [0, 0.05) is 0 Å². The first-order valence-corrected chi connectivity index (χ1v) is 7.44. The van der Waals surface area contributed by atoms with Crippen molar-refractivity contribution in [3.05, 3.63) is 24.3 Å². The van der Waals surface area contributed by atoms with Crippen LogP contribution in [0.2, 0.25) is 0 Å². The molecule has 0 saturated heterocycles. The minimum absolute atomic E-state index is 0. The monoisotopic (exact) mass is 299 g/mol. The molecule has 1 fully saturated rings. The van der Waals surface area contributed by atoms with Crippen LogP contribution < -0.4 is 15.2 Å². The first-order valence-electron chi connectivity index (χ1n) is 7.44. The minimum atomic E-state index is 0. The summed E-state index contributed by atoms with van der Waals surface area (Å²) in [5.74, 6) is 2.57. The van der Waals surface area contributed by atoms with Gasteiger partial charge in [0.05, 0.1) is 13.2 Å². The molecule has 0 atom stereocenters. The molecule has 2 N–H and O–H groups in total. The van der Waals surface area contributed by atoms with Crippen molar-refractivity contribution < 1.29 is 9.47 Å². The van der Waals surface area contributed by atoms with Crippen LogP contribution >= 0.6 is 12.4 Å². The minimum Gasteiger partial charge on any atom is -0.494 e. The van der Waals surface area contributed by atoms with Gasteiger partial charge in [-0.1, -0.05) is 19.3 Å². The van der Waals surface area contributed by atoms with E-state index in [9.17, 15) is 0 Å². The Morgan fingerprint density at radius 1 is 0.950 bits per heavy atom. The van der Waals surface area contributed by atoms with Crippen molar-refractivity contribution in [3.63, 3.8) is 0 Å². The molecule has 4 heteroatoms. The molecular formula is C16H26ClNO2. The molecule has 114 valence electrons. The molecule has 2 rings (SSSR count). The second kappa shape index (κ2) is 9.89. The molecule has 0 unspecified atom stereocenters. The van der Waals surface area contributed by atoms with E-state index < -0.39 is 0 Å². The lowest BCUT2D eigenvalue weighted by atomic mass is 9.90. The van der Waals surface area contributed by atoms with Gasteiger partial charge in [0.15, 0.2) is 0 Å². The Balaban J connectivity index is 0.00000200. The Hall–Kier alpha value is -0.930. The number of rotatable bonds is 7. The quantitative estimate of drug-likeness (QED) is 0.779. The van der Waals surface area contributed by atoms with Gasteiger partial charge in [0.2, 0.25) is 0 Å². The van der Waals surface area contributed by atoms with Crippen LogP contribution in [-0.2, 0) is 0 Å². The van der Waals surface area contributed by atoms with Gasteiger partial charge in [-0.05, 0) is 56.0 Å². The number of hydrogen-bond acceptors (Lipinski definition) is 3. The summed E-state index contributed by atoms with van der Waals surface area (Å²) in [5.41, 5.74) is 5.43. The fourth-order valence-corrected chi connectivity index (χ4v) is 2.47. The fraction of sp³-hybridized carbons (Fsp3) is 0.625. The third-order valence-electron chi connectivity index (χ3n) is 3.65. The van der Waals surface area contributed by atoms with Crippen molar-refractivity contribution in [1.82, 2.24) is 0 Å². The first kappa shape index (κ1) is 17.1. The average molecular weight is 300 g/mol. The highest BCUT2D eigenvalue weighted by atomic mass is 35.5. The second-order valence-corrected chi connectivity index (χ2v) is 5.28. The van der Waals surface area contributed by atoms with Gasteiger partial charge in [0.25, 0.3) is 0 Å². The van der Waals surface area contributed by atoms with Crippen molar-refractivity contribution in [2.24, 2.45) is 11.7 Å². The highest BCUT2D eigenvalue weighted by Gasteiger charge is 2.13. The standard InChI is InChI=1S/C16H25NO2.ClH/c17-11-4-12-18-15-7-9-16(10-8-15)19-13-14-5-2-1-3-6-14;/h7-10,14H,1-6,11-13,17H2;1H. The summed E-state index contributed by atoms with van der Waals surface area (Å²) in [5, 5.41) is 0. The number of nitrogens with two attached hydrogens (primary N) is 1. The zero-order chi connectivity index (χ0) is 13.3. The molecule has 0 radical (unpaired) electrons. The first-order chi connectivity index (χ1) is 9.38. The molecule has 0 heterocycles. The third-order valence-corrected chi connectivity index (χ3v) is 3.65. The maximum Gasteiger partial charge on any atom is 0.119 e. The van der Waals surface area contributed by atoms with Crippen molar-refractivity contribution in [2.75, 3.05) is 19.8 Å². The molecule has 1 aromatic carbocycles. The molecule has 1 saturated carbocycles. The van der Waals surface area contributed by atoms with Crippen LogP contribution in [0.15, 0.2) is 24.3 Å². The molecule has 0 spiro atoms. The predicted molar refractivity (Wildman–Crippen MR) is 84.9 cm³/mol. The SMILES string of the molecule is Cl.NCCCOc1ccc(OCC2CCCCC2)cc1. The predicted octanol–water partition coefficient (Wildman–Crippen LogP) is 3.80. The van der Waals surface area contributed by atoms with Crippen molar-refractivity contribution >= 4 is 12.4 Å². The smallest absolute Gasteiger partial charge is 0.119 e. The molecule has 1 aromatic rings. The van der Waals surface area contributed by atoms with Gasteiger partial charge in [-0.25, -0.2) is 0 Å². The maximum absolute atomic E-state index is 5.85. The highest BCUT2D eigenvalue weighted by molar-refractivity contribution is 5.85. The maximum atomic E-state index is 5.85. The summed E-state index contributed by atoms with van der Waals surface area (Å²) in [6.07, 6.45) is 7.65. The van der Waals surface area contributed by atoms with Gasteiger partial charge in [-0.2, -0.15) is 0 Å². The second-order valence-electron chi connectivity index (χ2n) is 5.28. The summed E-state index contributed by atoms with van der Waals surface area (Å²) >= 11 is 0. The van der Waals surface area contributed by atoms with Crippen LogP contribution in [0.25, 0.3) is 0 Å². The van der Waals surface area contributed by atoms with Gasteiger partial charge in [0.1, 0.15) is 11.5 Å². The lowest BCUT2D eigenvalue weighted by molar-refractivity contribution is 0.208. The molecule has 20 heavy (non-hydrogen) atoms. The molecular weight excluding hydrogens is 274 g/mol. The van der Waals surface area contributed by atoms with Crippen LogP contribution in [0.1, 0.15) is 38.5 Å². The van der Waals surface area contributed by atoms with Crippen LogP contribution in [0.5, 0.6) is 11.5 Å². The van der Waals surface area contributed by atoms with Crippen molar-refractivity contribution in [3.8, 4) is 11.5 Å². The van der Waals surface area contributed by atoms with Crippen molar-refractivity contribution in [2.45, 2.75) is 38.5 Å². The van der Waals surface area contributed by atoms with Crippen LogP contribution in [0.3, 0.4) is 0 Å². The van der Waals surface area contributed by atoms with Crippen LogP contribution in [0, 0.1) is 5.92 Å². The third kappa shape index (κ3) is 6.02. The van der Waals surface area contributed by atoms with E-state index in [0.717, 1.165) is 30.4 Å². The number of benzene rings is 1. The number of ether oxygens (including phenoxy) is 2. The largest absolute Gasteiger partial charge is 0.494 e. The highest BCUT2D eigenvalue weighted by Crippen LogP contribution is 2.25. The van der Waals surface area contributed by atoms with E-state index in [-0.39, 0.29) is 12.4 Å². The summed E-state index contributed by atoms with van der Waals surface area (Å²) < 4.78 is 11.4. The summed E-state index contributed by atoms with van der Waals surface area (Å²) in [6, 6.07) is 7.90. The molecule has 1 aliphatic rings. The van der Waals surface area contributed by atoms with Gasteiger partial charge >= 0.3 is 0 Å². The van der Waals surface area contributed by atoms with E-state index in [2.05, 4.69) is 0 Å². The van der Waals surface area contributed by atoms with Crippen LogP contribution in [0.4, 0.5) is 0 Å². The Morgan fingerprint density at radius 2 is 1.55 bits per heavy atom. The van der Waals surface area contributed by atoms with E-state index in [1.54, 1.807) is 0 Å². The number of halogens is 1. The van der Waals surface area contributed by atoms with E-state index in [1.165, 1.54) is 32.1 Å². The summed E-state index contributed by atoms with van der Waals surface area (Å²) in [4.78, 5) is 0.